The molecule has 246 valence electrons. The molecule has 0 saturated heterocycles. The van der Waals surface area contributed by atoms with Crippen LogP contribution in [0.15, 0.2) is 48.5 Å². The Bertz CT molecular complexity index is 932. The van der Waals surface area contributed by atoms with Crippen molar-refractivity contribution in [2.75, 3.05) is 0 Å². The second-order valence-electron chi connectivity index (χ2n) is 12.5. The Morgan fingerprint density at radius 3 is 1.00 bits per heavy atom. The quantitative estimate of drug-likeness (QED) is 0.0576. The topological polar surface area (TPSA) is 52.6 Å². The normalized spacial score (nSPS) is 11.0. The summed E-state index contributed by atoms with van der Waals surface area (Å²) >= 11 is 0. The van der Waals surface area contributed by atoms with Gasteiger partial charge in [-0.05, 0) is 25.0 Å². The first kappa shape index (κ1) is 37.6. The largest absolute Gasteiger partial charge is 0.426 e. The van der Waals surface area contributed by atoms with E-state index in [0.717, 1.165) is 36.8 Å². The average molecular weight is 607 g/mol. The molecule has 0 N–H and O–H groups in total. The number of ether oxygens (including phenoxy) is 2. The highest BCUT2D eigenvalue weighted by Gasteiger charge is 2.16. The van der Waals surface area contributed by atoms with Crippen LogP contribution in [0.4, 0.5) is 0 Å². The van der Waals surface area contributed by atoms with Crippen LogP contribution >= 0.6 is 0 Å². The molecule has 0 unspecified atom stereocenters. The summed E-state index contributed by atoms with van der Waals surface area (Å²) in [6, 6.07) is 15.0. The second-order valence-corrected chi connectivity index (χ2v) is 12.5. The monoisotopic (exact) mass is 606 g/mol. The van der Waals surface area contributed by atoms with Crippen LogP contribution in [-0.2, 0) is 9.59 Å². The molecule has 0 spiro atoms. The zero-order chi connectivity index (χ0) is 31.5. The SMILES string of the molecule is CCCCCCCCCCCCCC(=O)Oc1ccccc1-c1ccccc1OC(=O)CCCCCCCCCCCCC. The van der Waals surface area contributed by atoms with Gasteiger partial charge in [-0.3, -0.25) is 9.59 Å². The zero-order valence-electron chi connectivity index (χ0n) is 28.2. The summed E-state index contributed by atoms with van der Waals surface area (Å²) in [7, 11) is 0. The van der Waals surface area contributed by atoms with E-state index in [4.69, 9.17) is 9.47 Å². The van der Waals surface area contributed by atoms with Crippen molar-refractivity contribution in [3.8, 4) is 22.6 Å². The van der Waals surface area contributed by atoms with E-state index in [-0.39, 0.29) is 11.9 Å². The lowest BCUT2D eigenvalue weighted by Gasteiger charge is -2.14. The van der Waals surface area contributed by atoms with E-state index < -0.39 is 0 Å². The van der Waals surface area contributed by atoms with Gasteiger partial charge in [-0.25, -0.2) is 0 Å². The van der Waals surface area contributed by atoms with E-state index in [1.54, 1.807) is 0 Å². The van der Waals surface area contributed by atoms with Crippen molar-refractivity contribution in [2.24, 2.45) is 0 Å². The van der Waals surface area contributed by atoms with E-state index in [2.05, 4.69) is 13.8 Å². The lowest BCUT2D eigenvalue weighted by molar-refractivity contribution is -0.135. The first-order chi connectivity index (χ1) is 21.7. The van der Waals surface area contributed by atoms with E-state index in [1.807, 2.05) is 48.5 Å². The minimum atomic E-state index is -0.209. The summed E-state index contributed by atoms with van der Waals surface area (Å²) in [6.45, 7) is 4.52. The molecule has 2 aromatic rings. The Hall–Kier alpha value is -2.62. The number of rotatable bonds is 27. The van der Waals surface area contributed by atoms with Gasteiger partial charge in [0.2, 0.25) is 0 Å². The molecule has 0 aliphatic carbocycles. The van der Waals surface area contributed by atoms with E-state index in [1.165, 1.54) is 116 Å². The summed E-state index contributed by atoms with van der Waals surface area (Å²) in [4.78, 5) is 25.4. The number of esters is 2. The van der Waals surface area contributed by atoms with E-state index in [9.17, 15) is 9.59 Å². The van der Waals surface area contributed by atoms with Gasteiger partial charge in [0.05, 0.1) is 0 Å². The van der Waals surface area contributed by atoms with Crippen molar-refractivity contribution in [1.82, 2.24) is 0 Å². The number of carbonyl (C=O) groups is 2. The molecule has 0 aliphatic rings. The summed E-state index contributed by atoms with van der Waals surface area (Å²) in [5.74, 6) is 0.600. The molecular formula is C40H62O4. The van der Waals surface area contributed by atoms with Crippen LogP contribution < -0.4 is 9.47 Å². The average Bonchev–Trinajstić information content (AvgIpc) is 3.03. The maximum absolute atomic E-state index is 12.7. The highest BCUT2D eigenvalue weighted by atomic mass is 16.5. The maximum Gasteiger partial charge on any atom is 0.311 e. The molecule has 0 radical (unpaired) electrons. The Morgan fingerprint density at radius 1 is 0.409 bits per heavy atom. The van der Waals surface area contributed by atoms with E-state index >= 15 is 0 Å². The highest BCUT2D eigenvalue weighted by molar-refractivity contribution is 5.82. The van der Waals surface area contributed by atoms with Crippen molar-refractivity contribution in [3.05, 3.63) is 48.5 Å². The molecule has 2 rings (SSSR count). The minimum Gasteiger partial charge on any atom is -0.426 e. The third kappa shape index (κ3) is 17.6. The van der Waals surface area contributed by atoms with Crippen LogP contribution in [0.25, 0.3) is 11.1 Å². The number of para-hydroxylation sites is 2. The van der Waals surface area contributed by atoms with Gasteiger partial charge in [0.15, 0.2) is 0 Å². The Morgan fingerprint density at radius 2 is 0.682 bits per heavy atom. The van der Waals surface area contributed by atoms with Gasteiger partial charge in [-0.1, -0.05) is 179 Å². The van der Waals surface area contributed by atoms with Crippen LogP contribution in [0, 0.1) is 0 Å². The first-order valence-corrected chi connectivity index (χ1v) is 18.3. The lowest BCUT2D eigenvalue weighted by Crippen LogP contribution is -2.10. The second kappa shape index (κ2) is 25.7. The summed E-state index contributed by atoms with van der Waals surface area (Å²) in [5, 5.41) is 0. The third-order valence-electron chi connectivity index (χ3n) is 8.48. The standard InChI is InChI=1S/C40H62O4/c1-3-5-7-9-11-13-15-17-19-21-23-33-39(41)43-37-31-27-25-29-35(37)36-30-26-28-32-38(36)44-40(42)34-24-22-20-18-16-14-12-10-8-6-4-2/h25-32H,3-24,33-34H2,1-2H3. The smallest absolute Gasteiger partial charge is 0.311 e. The molecule has 0 fully saturated rings. The molecule has 0 aromatic heterocycles. The predicted octanol–water partition coefficient (Wildman–Crippen LogP) is 12.6. The molecule has 0 heterocycles. The summed E-state index contributed by atoms with van der Waals surface area (Å²) in [5.41, 5.74) is 1.52. The molecule has 44 heavy (non-hydrogen) atoms. The fourth-order valence-corrected chi connectivity index (χ4v) is 5.77. The molecule has 0 aliphatic heterocycles. The minimum absolute atomic E-state index is 0.209. The third-order valence-corrected chi connectivity index (χ3v) is 8.48. The molecule has 0 atom stereocenters. The number of carbonyl (C=O) groups excluding carboxylic acids is 2. The molecule has 4 nitrogen and oxygen atoms in total. The lowest BCUT2D eigenvalue weighted by atomic mass is 10.0. The van der Waals surface area contributed by atoms with Gasteiger partial charge in [-0.2, -0.15) is 0 Å². The summed E-state index contributed by atoms with van der Waals surface area (Å²) < 4.78 is 11.6. The number of benzene rings is 2. The van der Waals surface area contributed by atoms with Crippen LogP contribution in [-0.4, -0.2) is 11.9 Å². The Labute approximate surface area is 269 Å². The van der Waals surface area contributed by atoms with Gasteiger partial charge in [0, 0.05) is 24.0 Å². The van der Waals surface area contributed by atoms with Crippen LogP contribution in [0.2, 0.25) is 0 Å². The molecule has 0 bridgehead atoms. The number of hydrogen-bond donors (Lipinski definition) is 0. The van der Waals surface area contributed by atoms with Crippen LogP contribution in [0.1, 0.15) is 168 Å². The van der Waals surface area contributed by atoms with E-state index in [0.29, 0.717) is 24.3 Å². The van der Waals surface area contributed by atoms with Crippen molar-refractivity contribution in [3.63, 3.8) is 0 Å². The Balaban J connectivity index is 1.70. The van der Waals surface area contributed by atoms with Gasteiger partial charge in [0.1, 0.15) is 11.5 Å². The molecule has 4 heteroatoms. The number of hydrogen-bond acceptors (Lipinski definition) is 4. The van der Waals surface area contributed by atoms with Crippen molar-refractivity contribution in [2.45, 2.75) is 168 Å². The van der Waals surface area contributed by atoms with Gasteiger partial charge >= 0.3 is 11.9 Å². The van der Waals surface area contributed by atoms with Gasteiger partial charge < -0.3 is 9.47 Å². The zero-order valence-corrected chi connectivity index (χ0v) is 28.2. The van der Waals surface area contributed by atoms with Crippen LogP contribution in [0.5, 0.6) is 11.5 Å². The number of unbranched alkanes of at least 4 members (excludes halogenated alkanes) is 20. The fourth-order valence-electron chi connectivity index (χ4n) is 5.77. The predicted molar refractivity (Wildman–Crippen MR) is 185 cm³/mol. The summed E-state index contributed by atoms with van der Waals surface area (Å²) in [6.07, 6.45) is 28.3. The van der Waals surface area contributed by atoms with Gasteiger partial charge in [-0.15, -0.1) is 0 Å². The molecule has 0 amide bonds. The first-order valence-electron chi connectivity index (χ1n) is 18.3. The van der Waals surface area contributed by atoms with Crippen molar-refractivity contribution >= 4 is 11.9 Å². The van der Waals surface area contributed by atoms with Crippen molar-refractivity contribution in [1.29, 1.82) is 0 Å². The molecule has 2 aromatic carbocycles. The van der Waals surface area contributed by atoms with Gasteiger partial charge in [0.25, 0.3) is 0 Å². The maximum atomic E-state index is 12.7. The van der Waals surface area contributed by atoms with Crippen LogP contribution in [0.3, 0.4) is 0 Å². The highest BCUT2D eigenvalue weighted by Crippen LogP contribution is 2.36. The molecular weight excluding hydrogens is 544 g/mol. The van der Waals surface area contributed by atoms with Crippen molar-refractivity contribution < 1.29 is 19.1 Å². The molecule has 0 saturated carbocycles. The Kier molecular flexibility index (Phi) is 21.9. The fraction of sp³-hybridized carbons (Fsp3) is 0.650.